The highest BCUT2D eigenvalue weighted by Gasteiger charge is 1.58. The highest BCUT2D eigenvalue weighted by Crippen LogP contribution is 1.39. The van der Waals surface area contributed by atoms with E-state index >= 15 is 0 Å². The summed E-state index contributed by atoms with van der Waals surface area (Å²) in [6.07, 6.45) is 4.60. The lowest BCUT2D eigenvalue weighted by atomic mass is 10.8. The summed E-state index contributed by atoms with van der Waals surface area (Å²) >= 11 is 0. The molecule has 0 bridgehead atoms. The summed E-state index contributed by atoms with van der Waals surface area (Å²) in [5.74, 6) is 2.25. The third-order valence-electron chi connectivity index (χ3n) is 0.1000. The lowest BCUT2D eigenvalue weighted by Gasteiger charge is -1.70. The van der Waals surface area contributed by atoms with Crippen LogP contribution in [0.1, 0.15) is 21.8 Å². The summed E-state index contributed by atoms with van der Waals surface area (Å²) in [4.78, 5) is 0. The molecule has 0 aliphatic carbocycles. The Labute approximate surface area is 58.5 Å². The van der Waals surface area contributed by atoms with Gasteiger partial charge in [-0.25, -0.2) is 0 Å². The minimum atomic E-state index is -0.125. The molecule has 2 N–H and O–H groups in total. The van der Waals surface area contributed by atoms with E-state index in [1.807, 2.05) is 0 Å². The van der Waals surface area contributed by atoms with Crippen LogP contribution < -0.4 is 0 Å². The molecule has 0 aromatic carbocycles. The number of rotatable bonds is 1. The van der Waals surface area contributed by atoms with Gasteiger partial charge in [0.1, 0.15) is 0 Å². The van der Waals surface area contributed by atoms with Gasteiger partial charge >= 0.3 is 0 Å². The molecule has 0 fully saturated rings. The monoisotopic (exact) mass is 134 g/mol. The molecule has 9 heavy (non-hydrogen) atoms. The second-order valence-corrected chi connectivity index (χ2v) is 0.736. The van der Waals surface area contributed by atoms with Gasteiger partial charge in [-0.3, -0.25) is 0 Å². The molecule has 0 aliphatic rings. The first-order chi connectivity index (χ1) is 3.33. The minimum absolute atomic E-state index is 0. The van der Waals surface area contributed by atoms with Gasteiger partial charge in [-0.1, -0.05) is 14.9 Å². The summed E-state index contributed by atoms with van der Waals surface area (Å²) in [5.41, 5.74) is 0. The van der Waals surface area contributed by atoms with E-state index in [0.29, 0.717) is 0 Å². The second-order valence-electron chi connectivity index (χ2n) is 0.736. The van der Waals surface area contributed by atoms with Crippen LogP contribution >= 0.6 is 0 Å². The van der Waals surface area contributed by atoms with E-state index in [2.05, 4.69) is 12.3 Å². The van der Waals surface area contributed by atoms with E-state index < -0.39 is 0 Å². The third kappa shape index (κ3) is 975. The van der Waals surface area contributed by atoms with Crippen LogP contribution in [0.4, 0.5) is 0 Å². The molecular formula is C7H18O2. The van der Waals surface area contributed by atoms with E-state index in [0.717, 1.165) is 0 Å². The van der Waals surface area contributed by atoms with Crippen molar-refractivity contribution in [2.24, 2.45) is 0 Å². The maximum Gasteiger partial charge on any atom is 0.0662 e. The molecule has 2 heteroatoms. The molecule has 0 radical (unpaired) electrons. The fraction of sp³-hybridized carbons (Fsp3) is 0.714. The molecule has 0 spiro atoms. The Morgan fingerprint density at radius 2 is 1.33 bits per heavy atom. The predicted molar refractivity (Wildman–Crippen MR) is 42.1 cm³/mol. The summed E-state index contributed by atoms with van der Waals surface area (Å²) in [6.45, 7) is 1.40. The average molecular weight is 134 g/mol. The van der Waals surface area contributed by atoms with Gasteiger partial charge < -0.3 is 10.2 Å². The number of aliphatic hydroxyl groups is 2. The molecule has 0 atom stereocenters. The molecule has 0 aromatic rings. The van der Waals surface area contributed by atoms with Crippen molar-refractivity contribution in [3.8, 4) is 12.3 Å². The van der Waals surface area contributed by atoms with Gasteiger partial charge in [0.25, 0.3) is 0 Å². The van der Waals surface area contributed by atoms with Crippen LogP contribution in [0.2, 0.25) is 0 Å². The summed E-state index contributed by atoms with van der Waals surface area (Å²) in [6, 6.07) is 0. The smallest absolute Gasteiger partial charge is 0.0662 e. The van der Waals surface area contributed by atoms with Crippen LogP contribution in [-0.2, 0) is 0 Å². The van der Waals surface area contributed by atoms with Gasteiger partial charge in [0.2, 0.25) is 0 Å². The van der Waals surface area contributed by atoms with Crippen LogP contribution in [0.15, 0.2) is 0 Å². The predicted octanol–water partition coefficient (Wildman–Crippen LogP) is 0.883. The van der Waals surface area contributed by atoms with Crippen LogP contribution in [0.5, 0.6) is 0 Å². The number of hydrogen-bond donors (Lipinski definition) is 2. The molecule has 2 nitrogen and oxygen atoms in total. The molecule has 0 unspecified atom stereocenters. The summed E-state index contributed by atoms with van der Waals surface area (Å²) in [5, 5.41) is 15.2. The van der Waals surface area contributed by atoms with Crippen molar-refractivity contribution in [2.75, 3.05) is 13.2 Å². The minimum Gasteiger partial charge on any atom is -0.394 e. The Morgan fingerprint density at radius 1 is 1.22 bits per heavy atom. The molecule has 0 heterocycles. The molecule has 0 aromatic heterocycles. The Hall–Kier alpha value is -0.520. The molecule has 0 amide bonds. The zero-order chi connectivity index (χ0) is 6.12. The van der Waals surface area contributed by atoms with E-state index in [9.17, 15) is 0 Å². The third-order valence-corrected chi connectivity index (χ3v) is 0.1000. The van der Waals surface area contributed by atoms with Gasteiger partial charge in [0, 0.05) is 0 Å². The fourth-order valence-electron chi connectivity index (χ4n) is 0. The fourth-order valence-corrected chi connectivity index (χ4v) is 0. The number of aliphatic hydroxyl groups excluding tert-OH is 2. The first kappa shape index (κ1) is 23.6. The molecule has 0 saturated carbocycles. The molecule has 0 rings (SSSR count). The van der Waals surface area contributed by atoms with Crippen LogP contribution in [0.3, 0.4) is 0 Å². The zero-order valence-electron chi connectivity index (χ0n) is 4.39. The molecular weight excluding hydrogens is 116 g/mol. The highest BCUT2D eigenvalue weighted by atomic mass is 16.3. The second kappa shape index (κ2) is 51.1. The Morgan fingerprint density at radius 3 is 1.33 bits per heavy atom. The van der Waals surface area contributed by atoms with Crippen molar-refractivity contribution >= 4 is 0 Å². The molecule has 58 valence electrons. The lowest BCUT2D eigenvalue weighted by molar-refractivity contribution is 0.186. The molecule has 0 saturated heterocycles. The van der Waals surface area contributed by atoms with Crippen molar-refractivity contribution in [3.05, 3.63) is 0 Å². The van der Waals surface area contributed by atoms with Gasteiger partial charge in [-0.05, 0) is 6.92 Å². The van der Waals surface area contributed by atoms with Crippen molar-refractivity contribution in [1.82, 2.24) is 0 Å². The van der Waals surface area contributed by atoms with Crippen LogP contribution in [0.25, 0.3) is 0 Å². The summed E-state index contributed by atoms with van der Waals surface area (Å²) in [7, 11) is 0. The van der Waals surface area contributed by atoms with E-state index in [1.54, 1.807) is 6.92 Å². The number of hydrogen-bond acceptors (Lipinski definition) is 2. The lowest BCUT2D eigenvalue weighted by Crippen LogP contribution is -1.85. The van der Waals surface area contributed by atoms with Gasteiger partial charge in [0.05, 0.1) is 13.2 Å². The van der Waals surface area contributed by atoms with E-state index in [4.69, 9.17) is 10.2 Å². The zero-order valence-corrected chi connectivity index (χ0v) is 4.39. The standard InChI is InChI=1S/C3H4.C2H6O2.2CH4/c1-3-2;3-1-2-4;;/h1H,2H3;3-4H,1-2H2;2*1H4. The average Bonchev–Trinajstić information content (AvgIpc) is 1.69. The normalized spacial score (nSPS) is 4.22. The van der Waals surface area contributed by atoms with E-state index in [-0.39, 0.29) is 28.1 Å². The first-order valence-corrected chi connectivity index (χ1v) is 1.92. The first-order valence-electron chi connectivity index (χ1n) is 1.92. The quantitative estimate of drug-likeness (QED) is 0.523. The van der Waals surface area contributed by atoms with Gasteiger partial charge in [-0.15, -0.1) is 12.3 Å². The maximum absolute atomic E-state index is 7.62. The van der Waals surface area contributed by atoms with Crippen LogP contribution in [0, 0.1) is 12.3 Å². The van der Waals surface area contributed by atoms with Crippen LogP contribution in [-0.4, -0.2) is 23.4 Å². The Balaban J connectivity index is -0.0000000233. The van der Waals surface area contributed by atoms with Crippen molar-refractivity contribution in [3.63, 3.8) is 0 Å². The maximum atomic E-state index is 7.62. The van der Waals surface area contributed by atoms with Crippen molar-refractivity contribution in [1.29, 1.82) is 0 Å². The SMILES string of the molecule is C.C.C#CC.OCCO. The summed E-state index contributed by atoms with van der Waals surface area (Å²) < 4.78 is 0. The van der Waals surface area contributed by atoms with Gasteiger partial charge in [-0.2, -0.15) is 0 Å². The topological polar surface area (TPSA) is 40.5 Å². The Bertz CT molecular complexity index is 43.4. The largest absolute Gasteiger partial charge is 0.394 e. The van der Waals surface area contributed by atoms with E-state index in [1.165, 1.54) is 0 Å². The Kier molecular flexibility index (Phi) is 134. The highest BCUT2D eigenvalue weighted by molar-refractivity contribution is 4.73. The van der Waals surface area contributed by atoms with Crippen molar-refractivity contribution in [2.45, 2.75) is 21.8 Å². The molecule has 0 aliphatic heterocycles. The van der Waals surface area contributed by atoms with Gasteiger partial charge in [0.15, 0.2) is 0 Å². The van der Waals surface area contributed by atoms with Crippen molar-refractivity contribution < 1.29 is 10.2 Å². The number of terminal acetylenes is 1.